The molecule has 0 saturated heterocycles. The lowest BCUT2D eigenvalue weighted by molar-refractivity contribution is 0.332. The number of aryl methyl sites for hydroxylation is 2. The standard InChI is InChI=1S/C50H47BN2OS/c1-28-21-34-32-14-12-13-31-33-24-30(48(3,4)5)17-18-38(33)53(47(31)32)51-37-26-43-45(55-44-16-11-10-15-42(44)54-43)27-40(37)52(41(22-28)46(34)51)39-25-36-35(23-29(39)2)49(6,7)19-20-50(36,8)9/h10-18,21-27H,19-20H2,1-9H3. The summed E-state index contributed by atoms with van der Waals surface area (Å²) in [5.74, 6) is 1.86. The van der Waals surface area contributed by atoms with E-state index in [2.05, 4.69) is 169 Å². The first-order chi connectivity index (χ1) is 26.2. The molecule has 3 aliphatic heterocycles. The molecule has 272 valence electrons. The van der Waals surface area contributed by atoms with Gasteiger partial charge in [0.05, 0.1) is 9.79 Å². The highest BCUT2D eigenvalue weighted by Gasteiger charge is 2.45. The fourth-order valence-electron chi connectivity index (χ4n) is 10.3. The second kappa shape index (κ2) is 10.9. The highest BCUT2D eigenvalue weighted by Crippen LogP contribution is 2.54. The number of ether oxygens (including phenoxy) is 1. The number of rotatable bonds is 1. The molecule has 0 saturated carbocycles. The second-order valence-corrected chi connectivity index (χ2v) is 20.1. The van der Waals surface area contributed by atoms with Crippen LogP contribution >= 0.6 is 11.8 Å². The van der Waals surface area contributed by atoms with E-state index >= 15 is 0 Å². The molecule has 1 aromatic heterocycles. The van der Waals surface area contributed by atoms with Gasteiger partial charge in [-0.25, -0.2) is 0 Å². The summed E-state index contributed by atoms with van der Waals surface area (Å²) in [4.78, 5) is 4.94. The van der Waals surface area contributed by atoms with Crippen molar-refractivity contribution >= 4 is 68.4 Å². The van der Waals surface area contributed by atoms with E-state index in [1.54, 1.807) is 0 Å². The van der Waals surface area contributed by atoms with Crippen molar-refractivity contribution in [1.29, 1.82) is 0 Å². The quantitative estimate of drug-likeness (QED) is 0.156. The van der Waals surface area contributed by atoms with Crippen LogP contribution in [0.2, 0.25) is 0 Å². The van der Waals surface area contributed by atoms with Crippen LogP contribution in [-0.4, -0.2) is 11.3 Å². The average molecular weight is 735 g/mol. The summed E-state index contributed by atoms with van der Waals surface area (Å²) >= 11 is 1.82. The van der Waals surface area contributed by atoms with E-state index in [1.165, 1.54) is 102 Å². The summed E-state index contributed by atoms with van der Waals surface area (Å²) in [6.07, 6.45) is 2.38. The van der Waals surface area contributed by atoms with Crippen molar-refractivity contribution in [1.82, 2.24) is 4.48 Å². The zero-order valence-corrected chi connectivity index (χ0v) is 34.3. The molecule has 6 aromatic carbocycles. The minimum Gasteiger partial charge on any atom is -0.455 e. The minimum atomic E-state index is -0.0309. The molecule has 0 bridgehead atoms. The van der Waals surface area contributed by atoms with Crippen molar-refractivity contribution < 1.29 is 4.74 Å². The zero-order valence-electron chi connectivity index (χ0n) is 33.4. The first-order valence-corrected chi connectivity index (χ1v) is 20.8. The maximum Gasteiger partial charge on any atom is 0.333 e. The van der Waals surface area contributed by atoms with Crippen LogP contribution in [0.1, 0.15) is 89.1 Å². The van der Waals surface area contributed by atoms with Gasteiger partial charge in [0.2, 0.25) is 0 Å². The van der Waals surface area contributed by atoms with Crippen molar-refractivity contribution in [3.63, 3.8) is 0 Å². The van der Waals surface area contributed by atoms with Crippen molar-refractivity contribution in [3.05, 3.63) is 125 Å². The van der Waals surface area contributed by atoms with E-state index < -0.39 is 0 Å². The molecular formula is C50H47BN2OS. The lowest BCUT2D eigenvalue weighted by atomic mass is 9.45. The predicted molar refractivity (Wildman–Crippen MR) is 234 cm³/mol. The molecular weight excluding hydrogens is 687 g/mol. The lowest BCUT2D eigenvalue weighted by Crippen LogP contribution is -2.56. The molecule has 0 radical (unpaired) electrons. The third-order valence-corrected chi connectivity index (χ3v) is 14.5. The first-order valence-electron chi connectivity index (χ1n) is 20.0. The van der Waals surface area contributed by atoms with Crippen LogP contribution in [0.4, 0.5) is 17.1 Å². The van der Waals surface area contributed by atoms with E-state index in [9.17, 15) is 0 Å². The number of benzene rings is 6. The summed E-state index contributed by atoms with van der Waals surface area (Å²) < 4.78 is 9.47. The Hall–Kier alpha value is -4.87. The summed E-state index contributed by atoms with van der Waals surface area (Å²) in [7, 11) is 0. The summed E-state index contributed by atoms with van der Waals surface area (Å²) in [5.41, 5.74) is 18.9. The molecule has 7 aromatic rings. The molecule has 1 aliphatic carbocycles. The summed E-state index contributed by atoms with van der Waals surface area (Å²) in [6.45, 7) is 21.3. The third-order valence-electron chi connectivity index (χ3n) is 13.4. The summed E-state index contributed by atoms with van der Waals surface area (Å²) in [6, 6.07) is 37.4. The van der Waals surface area contributed by atoms with Gasteiger partial charge in [0.1, 0.15) is 11.5 Å². The van der Waals surface area contributed by atoms with Gasteiger partial charge in [-0.15, -0.1) is 0 Å². The number of aromatic nitrogens is 1. The van der Waals surface area contributed by atoms with Gasteiger partial charge < -0.3 is 14.1 Å². The van der Waals surface area contributed by atoms with Crippen LogP contribution in [0.5, 0.6) is 11.5 Å². The molecule has 11 rings (SSSR count). The summed E-state index contributed by atoms with van der Waals surface area (Å²) in [5, 5.41) is 2.65. The van der Waals surface area contributed by atoms with Gasteiger partial charge in [0.25, 0.3) is 0 Å². The van der Waals surface area contributed by atoms with Gasteiger partial charge in [0, 0.05) is 44.4 Å². The van der Waals surface area contributed by atoms with Gasteiger partial charge in [-0.3, -0.25) is 0 Å². The Labute approximate surface area is 329 Å². The van der Waals surface area contributed by atoms with Gasteiger partial charge in [0.15, 0.2) is 0 Å². The maximum atomic E-state index is 6.80. The monoisotopic (exact) mass is 734 g/mol. The second-order valence-electron chi connectivity index (χ2n) is 19.0. The maximum absolute atomic E-state index is 6.80. The number of para-hydroxylation sites is 2. The van der Waals surface area contributed by atoms with E-state index in [-0.39, 0.29) is 23.1 Å². The van der Waals surface area contributed by atoms with Crippen LogP contribution in [-0.2, 0) is 16.2 Å². The molecule has 5 heteroatoms. The van der Waals surface area contributed by atoms with Crippen molar-refractivity contribution in [3.8, 4) is 22.6 Å². The Morgan fingerprint density at radius 2 is 1.44 bits per heavy atom. The number of nitrogens with zero attached hydrogens (tertiary/aromatic N) is 2. The van der Waals surface area contributed by atoms with Gasteiger partial charge >= 0.3 is 6.85 Å². The Kier molecular flexibility index (Phi) is 6.64. The topological polar surface area (TPSA) is 17.4 Å². The highest BCUT2D eigenvalue weighted by atomic mass is 32.2. The number of anilines is 3. The third kappa shape index (κ3) is 4.59. The Morgan fingerprint density at radius 3 is 2.22 bits per heavy atom. The molecule has 4 aliphatic rings. The van der Waals surface area contributed by atoms with E-state index in [0.717, 1.165) is 21.3 Å². The molecule has 0 N–H and O–H groups in total. The SMILES string of the molecule is Cc1cc2c3c(c1)N(c1cc4c(cc1C)C(C)(C)CCC4(C)C)c1cc4c(cc1B3n1c3ccc(C(C)(C)C)cc3c3cccc-2c31)Oc1ccccc1S4. The van der Waals surface area contributed by atoms with Crippen LogP contribution in [0.15, 0.2) is 107 Å². The van der Waals surface area contributed by atoms with E-state index in [0.29, 0.717) is 0 Å². The van der Waals surface area contributed by atoms with Gasteiger partial charge in [-0.2, -0.15) is 0 Å². The van der Waals surface area contributed by atoms with Gasteiger partial charge in [-0.1, -0.05) is 109 Å². The molecule has 4 heterocycles. The van der Waals surface area contributed by atoms with E-state index in [1.807, 2.05) is 11.8 Å². The fourth-order valence-corrected chi connectivity index (χ4v) is 11.3. The number of hydrogen-bond donors (Lipinski definition) is 0. The van der Waals surface area contributed by atoms with Crippen molar-refractivity contribution in [2.24, 2.45) is 0 Å². The average Bonchev–Trinajstić information content (AvgIpc) is 3.47. The largest absolute Gasteiger partial charge is 0.455 e. The fraction of sp³-hybridized carbons (Fsp3) is 0.280. The first kappa shape index (κ1) is 33.5. The smallest absolute Gasteiger partial charge is 0.333 e. The Morgan fingerprint density at radius 1 is 0.673 bits per heavy atom. The molecule has 55 heavy (non-hydrogen) atoms. The normalized spacial score (nSPS) is 17.0. The molecule has 0 unspecified atom stereocenters. The van der Waals surface area contributed by atoms with Crippen LogP contribution in [0.3, 0.4) is 0 Å². The van der Waals surface area contributed by atoms with Gasteiger partial charge in [-0.05, 0) is 136 Å². The molecule has 0 spiro atoms. The Bertz CT molecular complexity index is 2850. The predicted octanol–water partition coefficient (Wildman–Crippen LogP) is 12.7. The molecule has 0 fully saturated rings. The Balaban J connectivity index is 1.26. The zero-order chi connectivity index (χ0) is 37.9. The van der Waals surface area contributed by atoms with Crippen molar-refractivity contribution in [2.75, 3.05) is 4.90 Å². The minimum absolute atomic E-state index is 0.0309. The number of fused-ring (bicyclic) bond motifs is 10. The molecule has 0 atom stereocenters. The van der Waals surface area contributed by atoms with Crippen molar-refractivity contribution in [2.45, 2.75) is 101 Å². The lowest BCUT2D eigenvalue weighted by Gasteiger charge is -2.45. The van der Waals surface area contributed by atoms with Crippen LogP contribution in [0, 0.1) is 13.8 Å². The highest BCUT2D eigenvalue weighted by molar-refractivity contribution is 7.99. The number of hydrogen-bond acceptors (Lipinski definition) is 3. The molecule has 0 amide bonds. The van der Waals surface area contributed by atoms with E-state index in [4.69, 9.17) is 4.74 Å². The van der Waals surface area contributed by atoms with Crippen LogP contribution in [0.25, 0.3) is 32.9 Å². The molecule has 3 nitrogen and oxygen atoms in total. The van der Waals surface area contributed by atoms with Crippen LogP contribution < -0.4 is 20.6 Å².